The fourth-order valence-corrected chi connectivity index (χ4v) is 2.95. The zero-order valence-corrected chi connectivity index (χ0v) is 15.0. The third kappa shape index (κ3) is 4.96. The third-order valence-corrected chi connectivity index (χ3v) is 4.24. The van der Waals surface area contributed by atoms with Gasteiger partial charge in [-0.15, -0.1) is 0 Å². The van der Waals surface area contributed by atoms with E-state index in [1.54, 1.807) is 0 Å². The Labute approximate surface area is 160 Å². The Kier molecular flexibility index (Phi) is 5.94. The molecule has 2 aromatic heterocycles. The molecule has 156 valence electrons. The van der Waals surface area contributed by atoms with Gasteiger partial charge in [-0.1, -0.05) is 0 Å². The molecule has 0 atom stereocenters. The molecule has 0 amide bonds. The lowest BCUT2D eigenvalue weighted by Crippen LogP contribution is -2.25. The van der Waals surface area contributed by atoms with Crippen molar-refractivity contribution in [2.75, 3.05) is 0 Å². The van der Waals surface area contributed by atoms with E-state index in [4.69, 9.17) is 0 Å². The van der Waals surface area contributed by atoms with Gasteiger partial charge in [-0.25, -0.2) is 23.1 Å². The van der Waals surface area contributed by atoms with Crippen molar-refractivity contribution in [3.8, 4) is 5.69 Å². The molecular weight excluding hydrogens is 402 g/mol. The lowest BCUT2D eigenvalue weighted by Gasteiger charge is -2.13. The van der Waals surface area contributed by atoms with Gasteiger partial charge in [-0.05, 0) is 37.1 Å². The molecule has 0 unspecified atom stereocenters. The maximum Gasteiger partial charge on any atom is 0.389 e. The van der Waals surface area contributed by atoms with Gasteiger partial charge in [0.05, 0.1) is 18.6 Å². The van der Waals surface area contributed by atoms with E-state index in [1.807, 2.05) is 0 Å². The highest BCUT2D eigenvalue weighted by Gasteiger charge is 2.26. The zero-order valence-electron chi connectivity index (χ0n) is 15.0. The van der Waals surface area contributed by atoms with Gasteiger partial charge < -0.3 is 4.57 Å². The summed E-state index contributed by atoms with van der Waals surface area (Å²) in [7, 11) is 0. The Morgan fingerprint density at radius 3 is 2.38 bits per heavy atom. The van der Waals surface area contributed by atoms with Gasteiger partial charge in [-0.2, -0.15) is 13.2 Å². The predicted molar refractivity (Wildman–Crippen MR) is 92.7 cm³/mol. The van der Waals surface area contributed by atoms with Crippen LogP contribution in [0.4, 0.5) is 26.3 Å². The van der Waals surface area contributed by atoms with Crippen LogP contribution in [0.2, 0.25) is 0 Å². The summed E-state index contributed by atoms with van der Waals surface area (Å²) in [5.74, 6) is -0.448. The Morgan fingerprint density at radius 1 is 1.07 bits per heavy atom. The van der Waals surface area contributed by atoms with Crippen molar-refractivity contribution < 1.29 is 26.3 Å². The van der Waals surface area contributed by atoms with Crippen LogP contribution in [0.25, 0.3) is 16.9 Å². The van der Waals surface area contributed by atoms with Crippen molar-refractivity contribution in [3.63, 3.8) is 0 Å². The highest BCUT2D eigenvalue weighted by molar-refractivity contribution is 5.70. The van der Waals surface area contributed by atoms with Gasteiger partial charge in [0.25, 0.3) is 12.0 Å². The zero-order chi connectivity index (χ0) is 21.2. The molecule has 0 fully saturated rings. The number of nitrogens with zero attached hydrogens (tertiary/aromatic N) is 4. The average molecular weight is 418 g/mol. The number of aromatic nitrogens is 4. The summed E-state index contributed by atoms with van der Waals surface area (Å²) < 4.78 is 78.1. The molecule has 0 N–H and O–H groups in total. The number of benzene rings is 1. The SMILES string of the molecule is O=c1c2ncn(CC(F)F)c2nc(CCCCC(F)(F)F)n1-c1ccc(F)cc1. The minimum Gasteiger partial charge on any atom is -0.309 e. The van der Waals surface area contributed by atoms with Gasteiger partial charge in [0.2, 0.25) is 0 Å². The number of rotatable bonds is 7. The van der Waals surface area contributed by atoms with E-state index < -0.39 is 36.9 Å². The first-order chi connectivity index (χ1) is 13.7. The summed E-state index contributed by atoms with van der Waals surface area (Å²) in [6, 6.07) is 4.88. The number of halogens is 6. The van der Waals surface area contributed by atoms with Crippen LogP contribution in [0.15, 0.2) is 35.4 Å². The normalized spacial score (nSPS) is 12.2. The van der Waals surface area contributed by atoms with Crippen molar-refractivity contribution in [2.24, 2.45) is 0 Å². The topological polar surface area (TPSA) is 52.7 Å². The first kappa shape index (κ1) is 20.9. The molecule has 3 rings (SSSR count). The van der Waals surface area contributed by atoms with E-state index in [1.165, 1.54) is 12.1 Å². The van der Waals surface area contributed by atoms with Crippen molar-refractivity contribution in [1.82, 2.24) is 19.1 Å². The largest absolute Gasteiger partial charge is 0.389 e. The molecule has 0 aliphatic rings. The Balaban J connectivity index is 2.04. The molecule has 0 saturated heterocycles. The van der Waals surface area contributed by atoms with Gasteiger partial charge >= 0.3 is 6.18 Å². The maximum atomic E-state index is 13.2. The molecule has 5 nitrogen and oxygen atoms in total. The number of hydrogen-bond donors (Lipinski definition) is 0. The highest BCUT2D eigenvalue weighted by atomic mass is 19.4. The van der Waals surface area contributed by atoms with E-state index in [0.29, 0.717) is 0 Å². The summed E-state index contributed by atoms with van der Waals surface area (Å²) in [5, 5.41) is 0. The van der Waals surface area contributed by atoms with Crippen molar-refractivity contribution in [2.45, 2.75) is 44.8 Å². The second kappa shape index (κ2) is 8.26. The fourth-order valence-electron chi connectivity index (χ4n) is 2.95. The van der Waals surface area contributed by atoms with Crippen LogP contribution in [-0.4, -0.2) is 31.7 Å². The summed E-state index contributed by atoms with van der Waals surface area (Å²) in [6.07, 6.45) is -7.04. The predicted octanol–water partition coefficient (Wildman–Crippen LogP) is 4.26. The summed E-state index contributed by atoms with van der Waals surface area (Å²) in [4.78, 5) is 21.0. The molecule has 29 heavy (non-hydrogen) atoms. The van der Waals surface area contributed by atoms with Crippen molar-refractivity contribution in [1.29, 1.82) is 0 Å². The van der Waals surface area contributed by atoms with E-state index in [9.17, 15) is 31.1 Å². The van der Waals surface area contributed by atoms with Crippen LogP contribution in [0, 0.1) is 5.82 Å². The maximum absolute atomic E-state index is 13.2. The van der Waals surface area contributed by atoms with Gasteiger partial charge in [0, 0.05) is 12.8 Å². The smallest absolute Gasteiger partial charge is 0.309 e. The average Bonchev–Trinajstić information content (AvgIpc) is 3.02. The number of unbranched alkanes of at least 4 members (excludes halogenated alkanes) is 1. The van der Waals surface area contributed by atoms with Crippen LogP contribution < -0.4 is 5.56 Å². The Hall–Kier alpha value is -2.85. The van der Waals surface area contributed by atoms with Crippen LogP contribution in [0.5, 0.6) is 0 Å². The minimum atomic E-state index is -4.30. The summed E-state index contributed by atoms with van der Waals surface area (Å²) in [5.41, 5.74) is -0.644. The first-order valence-corrected chi connectivity index (χ1v) is 8.73. The highest BCUT2D eigenvalue weighted by Crippen LogP contribution is 2.23. The van der Waals surface area contributed by atoms with Gasteiger partial charge in [-0.3, -0.25) is 9.36 Å². The Morgan fingerprint density at radius 2 is 1.76 bits per heavy atom. The van der Waals surface area contributed by atoms with E-state index in [0.717, 1.165) is 27.6 Å². The fraction of sp³-hybridized carbons (Fsp3) is 0.389. The molecule has 0 spiro atoms. The quantitative estimate of drug-likeness (QED) is 0.426. The molecule has 0 bridgehead atoms. The molecule has 11 heteroatoms. The van der Waals surface area contributed by atoms with Crippen molar-refractivity contribution in [3.05, 3.63) is 52.6 Å². The van der Waals surface area contributed by atoms with Crippen molar-refractivity contribution >= 4 is 11.2 Å². The molecule has 0 radical (unpaired) electrons. The monoisotopic (exact) mass is 418 g/mol. The molecular formula is C18H16F6N4O. The summed E-state index contributed by atoms with van der Waals surface area (Å²) >= 11 is 0. The molecule has 1 aromatic carbocycles. The number of alkyl halides is 5. The number of fused-ring (bicyclic) bond motifs is 1. The van der Waals surface area contributed by atoms with E-state index >= 15 is 0 Å². The lowest BCUT2D eigenvalue weighted by molar-refractivity contribution is -0.135. The summed E-state index contributed by atoms with van der Waals surface area (Å²) in [6.45, 7) is -0.725. The van der Waals surface area contributed by atoms with Gasteiger partial charge in [0.1, 0.15) is 11.6 Å². The van der Waals surface area contributed by atoms with E-state index in [2.05, 4.69) is 9.97 Å². The number of aryl methyl sites for hydroxylation is 1. The molecule has 0 aliphatic carbocycles. The third-order valence-electron chi connectivity index (χ3n) is 4.24. The van der Waals surface area contributed by atoms with Gasteiger partial charge in [0.15, 0.2) is 11.2 Å². The van der Waals surface area contributed by atoms with E-state index in [-0.39, 0.29) is 41.9 Å². The van der Waals surface area contributed by atoms with Crippen LogP contribution in [0.3, 0.4) is 0 Å². The first-order valence-electron chi connectivity index (χ1n) is 8.73. The Bertz CT molecular complexity index is 1040. The standard InChI is InChI=1S/C18H16F6N4O/c19-11-4-6-12(7-5-11)28-14(3-1-2-8-18(22,23)24)26-16-15(17(28)29)25-10-27(16)9-13(20)21/h4-7,10,13H,1-3,8-9H2. The number of hydrogen-bond acceptors (Lipinski definition) is 3. The molecule has 3 aromatic rings. The molecule has 2 heterocycles. The van der Waals surface area contributed by atoms with Crippen LogP contribution >= 0.6 is 0 Å². The molecule has 0 aliphatic heterocycles. The lowest BCUT2D eigenvalue weighted by atomic mass is 10.1. The second-order valence-electron chi connectivity index (χ2n) is 6.43. The van der Waals surface area contributed by atoms with Crippen LogP contribution in [0.1, 0.15) is 25.1 Å². The second-order valence-corrected chi connectivity index (χ2v) is 6.43. The molecule has 0 saturated carbocycles. The minimum absolute atomic E-state index is 0.00149. The number of imidazole rings is 1. The van der Waals surface area contributed by atoms with Crippen LogP contribution in [-0.2, 0) is 13.0 Å².